The Labute approximate surface area is 88.7 Å². The van der Waals surface area contributed by atoms with Crippen LogP contribution in [0.2, 0.25) is 0 Å². The third-order valence-corrected chi connectivity index (χ3v) is 1.92. The lowest BCUT2D eigenvalue weighted by Crippen LogP contribution is -2.05. The van der Waals surface area contributed by atoms with Crippen molar-refractivity contribution in [3.05, 3.63) is 36.9 Å². The number of oxazole rings is 1. The van der Waals surface area contributed by atoms with Crippen molar-refractivity contribution >= 4 is 0 Å². The first-order valence-corrected chi connectivity index (χ1v) is 4.91. The monoisotopic (exact) mass is 203 g/mol. The van der Waals surface area contributed by atoms with Crippen LogP contribution in [0.5, 0.6) is 5.75 Å². The highest BCUT2D eigenvalue weighted by Gasteiger charge is 2.03. The second kappa shape index (κ2) is 4.17. The molecule has 3 nitrogen and oxygen atoms in total. The lowest BCUT2D eigenvalue weighted by molar-refractivity contribution is 0.242. The summed E-state index contributed by atoms with van der Waals surface area (Å²) >= 11 is 0. The largest absolute Gasteiger partial charge is 0.491 e. The standard InChI is InChI=1S/C12H13NO2/c1-9(2)15-11-5-3-4-10(6-11)12-7-13-8-14-12/h3-9H,1-2H3. The molecular formula is C12H13NO2. The maximum atomic E-state index is 5.59. The van der Waals surface area contributed by atoms with E-state index >= 15 is 0 Å². The van der Waals surface area contributed by atoms with E-state index in [1.165, 1.54) is 6.39 Å². The van der Waals surface area contributed by atoms with Gasteiger partial charge in [-0.2, -0.15) is 0 Å². The molecule has 3 heteroatoms. The molecule has 78 valence electrons. The first kappa shape index (κ1) is 9.77. The fourth-order valence-corrected chi connectivity index (χ4v) is 1.35. The fourth-order valence-electron chi connectivity index (χ4n) is 1.35. The van der Waals surface area contributed by atoms with Gasteiger partial charge in [0.15, 0.2) is 12.2 Å². The van der Waals surface area contributed by atoms with Gasteiger partial charge in [0.05, 0.1) is 12.3 Å². The van der Waals surface area contributed by atoms with Crippen molar-refractivity contribution in [2.24, 2.45) is 0 Å². The maximum absolute atomic E-state index is 5.59. The van der Waals surface area contributed by atoms with Crippen molar-refractivity contribution in [2.75, 3.05) is 0 Å². The van der Waals surface area contributed by atoms with Gasteiger partial charge in [-0.3, -0.25) is 0 Å². The number of rotatable bonds is 3. The average molecular weight is 203 g/mol. The van der Waals surface area contributed by atoms with Gasteiger partial charge in [0.2, 0.25) is 0 Å². The molecule has 0 unspecified atom stereocenters. The number of aromatic nitrogens is 1. The van der Waals surface area contributed by atoms with Gasteiger partial charge < -0.3 is 9.15 Å². The van der Waals surface area contributed by atoms with Gasteiger partial charge in [0, 0.05) is 5.56 Å². The molecule has 0 aliphatic carbocycles. The molecule has 0 atom stereocenters. The van der Waals surface area contributed by atoms with Crippen LogP contribution in [0.4, 0.5) is 0 Å². The molecule has 15 heavy (non-hydrogen) atoms. The second-order valence-corrected chi connectivity index (χ2v) is 3.56. The van der Waals surface area contributed by atoms with E-state index in [2.05, 4.69) is 4.98 Å². The molecular weight excluding hydrogens is 190 g/mol. The Morgan fingerprint density at radius 2 is 2.20 bits per heavy atom. The first-order chi connectivity index (χ1) is 7.25. The van der Waals surface area contributed by atoms with Crippen LogP contribution in [-0.2, 0) is 0 Å². The molecule has 2 aromatic rings. The van der Waals surface area contributed by atoms with Gasteiger partial charge in [-0.1, -0.05) is 12.1 Å². The van der Waals surface area contributed by atoms with E-state index in [4.69, 9.17) is 9.15 Å². The predicted octanol–water partition coefficient (Wildman–Crippen LogP) is 3.13. The van der Waals surface area contributed by atoms with Gasteiger partial charge in [0.1, 0.15) is 5.75 Å². The van der Waals surface area contributed by atoms with Crippen molar-refractivity contribution in [2.45, 2.75) is 20.0 Å². The zero-order valence-corrected chi connectivity index (χ0v) is 8.81. The smallest absolute Gasteiger partial charge is 0.181 e. The summed E-state index contributed by atoms with van der Waals surface area (Å²) in [5, 5.41) is 0. The Bertz CT molecular complexity index is 421. The summed E-state index contributed by atoms with van der Waals surface area (Å²) < 4.78 is 10.8. The minimum atomic E-state index is 0.176. The summed E-state index contributed by atoms with van der Waals surface area (Å²) in [5.74, 6) is 1.60. The minimum absolute atomic E-state index is 0.176. The number of nitrogens with zero attached hydrogens (tertiary/aromatic N) is 1. The third kappa shape index (κ3) is 2.37. The van der Waals surface area contributed by atoms with Crippen molar-refractivity contribution in [1.29, 1.82) is 0 Å². The number of hydrogen-bond donors (Lipinski definition) is 0. The highest BCUT2D eigenvalue weighted by Crippen LogP contribution is 2.23. The van der Waals surface area contributed by atoms with Crippen LogP contribution in [-0.4, -0.2) is 11.1 Å². The molecule has 1 heterocycles. The molecule has 0 fully saturated rings. The summed E-state index contributed by atoms with van der Waals surface area (Å²) in [6, 6.07) is 7.78. The second-order valence-electron chi connectivity index (χ2n) is 3.56. The van der Waals surface area contributed by atoms with Crippen LogP contribution < -0.4 is 4.74 Å². The lowest BCUT2D eigenvalue weighted by atomic mass is 10.2. The summed E-state index contributed by atoms with van der Waals surface area (Å²) in [5.41, 5.74) is 0.977. The van der Waals surface area contributed by atoms with Gasteiger partial charge in [-0.25, -0.2) is 4.98 Å². The Kier molecular flexibility index (Phi) is 2.72. The molecule has 0 N–H and O–H groups in total. The fraction of sp³-hybridized carbons (Fsp3) is 0.250. The average Bonchev–Trinajstić information content (AvgIpc) is 2.69. The Balaban J connectivity index is 2.27. The summed E-state index contributed by atoms with van der Waals surface area (Å²) in [6.07, 6.45) is 3.29. The van der Waals surface area contributed by atoms with Crippen LogP contribution in [0.25, 0.3) is 11.3 Å². The van der Waals surface area contributed by atoms with Gasteiger partial charge in [-0.05, 0) is 26.0 Å². The molecule has 2 rings (SSSR count). The molecule has 1 aromatic heterocycles. The summed E-state index contributed by atoms with van der Waals surface area (Å²) in [7, 11) is 0. The number of benzene rings is 1. The van der Waals surface area contributed by atoms with E-state index in [0.717, 1.165) is 17.1 Å². The molecule has 0 aliphatic rings. The van der Waals surface area contributed by atoms with Crippen LogP contribution in [0.15, 0.2) is 41.3 Å². The van der Waals surface area contributed by atoms with Crippen molar-refractivity contribution in [3.8, 4) is 17.1 Å². The molecule has 0 amide bonds. The quantitative estimate of drug-likeness (QED) is 0.768. The van der Waals surface area contributed by atoms with Crippen LogP contribution in [0, 0.1) is 0 Å². The minimum Gasteiger partial charge on any atom is -0.491 e. The van der Waals surface area contributed by atoms with Gasteiger partial charge in [-0.15, -0.1) is 0 Å². The van der Waals surface area contributed by atoms with Gasteiger partial charge >= 0.3 is 0 Å². The number of ether oxygens (including phenoxy) is 1. The van der Waals surface area contributed by atoms with E-state index in [1.807, 2.05) is 38.1 Å². The molecule has 0 bridgehead atoms. The van der Waals surface area contributed by atoms with E-state index in [1.54, 1.807) is 6.20 Å². The van der Waals surface area contributed by atoms with E-state index in [-0.39, 0.29) is 6.10 Å². The SMILES string of the molecule is CC(C)Oc1cccc(-c2cnco2)c1. The zero-order valence-electron chi connectivity index (χ0n) is 8.81. The van der Waals surface area contributed by atoms with Gasteiger partial charge in [0.25, 0.3) is 0 Å². The molecule has 0 saturated heterocycles. The molecule has 0 saturated carbocycles. The van der Waals surface area contributed by atoms with Crippen LogP contribution in [0.1, 0.15) is 13.8 Å². The predicted molar refractivity (Wildman–Crippen MR) is 57.7 cm³/mol. The Hall–Kier alpha value is -1.77. The van der Waals surface area contributed by atoms with E-state index < -0.39 is 0 Å². The first-order valence-electron chi connectivity index (χ1n) is 4.91. The number of hydrogen-bond acceptors (Lipinski definition) is 3. The topological polar surface area (TPSA) is 35.3 Å². The van der Waals surface area contributed by atoms with Crippen LogP contribution >= 0.6 is 0 Å². The zero-order chi connectivity index (χ0) is 10.7. The van der Waals surface area contributed by atoms with E-state index in [9.17, 15) is 0 Å². The molecule has 0 radical (unpaired) electrons. The van der Waals surface area contributed by atoms with Crippen molar-refractivity contribution in [3.63, 3.8) is 0 Å². The highest BCUT2D eigenvalue weighted by atomic mass is 16.5. The Morgan fingerprint density at radius 1 is 1.33 bits per heavy atom. The highest BCUT2D eigenvalue weighted by molar-refractivity contribution is 5.58. The lowest BCUT2D eigenvalue weighted by Gasteiger charge is -2.09. The molecule has 0 spiro atoms. The third-order valence-electron chi connectivity index (χ3n) is 1.92. The normalized spacial score (nSPS) is 10.6. The maximum Gasteiger partial charge on any atom is 0.181 e. The van der Waals surface area contributed by atoms with Crippen molar-refractivity contribution < 1.29 is 9.15 Å². The summed E-state index contributed by atoms with van der Waals surface area (Å²) in [6.45, 7) is 4.00. The molecule has 1 aromatic carbocycles. The van der Waals surface area contributed by atoms with Crippen molar-refractivity contribution in [1.82, 2.24) is 4.98 Å². The summed E-state index contributed by atoms with van der Waals surface area (Å²) in [4.78, 5) is 3.88. The van der Waals surface area contributed by atoms with Crippen LogP contribution in [0.3, 0.4) is 0 Å². The van der Waals surface area contributed by atoms with E-state index in [0.29, 0.717) is 0 Å². The molecule has 0 aliphatic heterocycles. The Morgan fingerprint density at radius 3 is 2.87 bits per heavy atom.